The van der Waals surface area contributed by atoms with Crippen LogP contribution in [-0.2, 0) is 0 Å². The number of halogens is 1. The van der Waals surface area contributed by atoms with Gasteiger partial charge in [-0.2, -0.15) is 4.98 Å². The van der Waals surface area contributed by atoms with E-state index in [4.69, 9.17) is 23.1 Å². The Bertz CT molecular complexity index is 564. The number of nitrogen functional groups attached to an aromatic ring is 2. The van der Waals surface area contributed by atoms with Crippen LogP contribution in [0.5, 0.6) is 0 Å². The summed E-state index contributed by atoms with van der Waals surface area (Å²) in [5.41, 5.74) is 10.3. The average Bonchev–Trinajstić information content (AvgIpc) is 2.08. The molecule has 14 heavy (non-hydrogen) atoms. The lowest BCUT2D eigenvalue weighted by atomic mass is 10.5. The van der Waals surface area contributed by atoms with Gasteiger partial charge in [0, 0.05) is 0 Å². The second-order valence-corrected chi connectivity index (χ2v) is 2.88. The summed E-state index contributed by atoms with van der Waals surface area (Å²) in [4.78, 5) is 24.8. The molecule has 0 aliphatic rings. The molecule has 0 aliphatic heterocycles. The van der Waals surface area contributed by atoms with Crippen LogP contribution in [0.2, 0.25) is 5.15 Å². The fraction of sp³-hybridized carbons (Fsp3) is 0. The molecule has 0 saturated carbocycles. The molecule has 2 aromatic rings. The second-order valence-electron chi connectivity index (χ2n) is 2.52. The van der Waals surface area contributed by atoms with Gasteiger partial charge in [0.05, 0.1) is 0 Å². The lowest BCUT2D eigenvalue weighted by Gasteiger charge is -1.99. The van der Waals surface area contributed by atoms with E-state index in [9.17, 15) is 4.79 Å². The van der Waals surface area contributed by atoms with Gasteiger partial charge in [0.1, 0.15) is 0 Å². The van der Waals surface area contributed by atoms with E-state index in [-0.39, 0.29) is 28.1 Å². The van der Waals surface area contributed by atoms with E-state index in [2.05, 4.69) is 19.9 Å². The third kappa shape index (κ3) is 1.23. The lowest BCUT2D eigenvalue weighted by Crippen LogP contribution is -2.14. The number of aromatic nitrogens is 4. The summed E-state index contributed by atoms with van der Waals surface area (Å²) in [7, 11) is 0. The molecule has 0 saturated heterocycles. The highest BCUT2D eigenvalue weighted by atomic mass is 35.5. The van der Waals surface area contributed by atoms with Crippen molar-refractivity contribution < 1.29 is 0 Å². The summed E-state index contributed by atoms with van der Waals surface area (Å²) < 4.78 is 0. The zero-order valence-electron chi connectivity index (χ0n) is 6.78. The molecule has 0 fully saturated rings. The van der Waals surface area contributed by atoms with Gasteiger partial charge in [0.2, 0.25) is 5.95 Å². The Balaban J connectivity index is 2.96. The van der Waals surface area contributed by atoms with Crippen LogP contribution in [0.15, 0.2) is 4.79 Å². The highest BCUT2D eigenvalue weighted by Gasteiger charge is 2.08. The number of fused-ring (bicyclic) bond motifs is 1. The number of aromatic amines is 1. The van der Waals surface area contributed by atoms with Crippen molar-refractivity contribution in [3.63, 3.8) is 0 Å². The summed E-state index contributed by atoms with van der Waals surface area (Å²) in [6.07, 6.45) is 0. The van der Waals surface area contributed by atoms with Crippen LogP contribution in [0, 0.1) is 0 Å². The molecule has 0 spiro atoms. The number of rotatable bonds is 0. The number of hydrogen-bond acceptors (Lipinski definition) is 6. The largest absolute Gasteiger partial charge is 0.381 e. The summed E-state index contributed by atoms with van der Waals surface area (Å²) >= 11 is 5.59. The fourth-order valence-electron chi connectivity index (χ4n) is 0.966. The van der Waals surface area contributed by atoms with Gasteiger partial charge in [-0.25, -0.2) is 9.97 Å². The van der Waals surface area contributed by atoms with Crippen molar-refractivity contribution in [3.8, 4) is 0 Å². The van der Waals surface area contributed by atoms with Crippen molar-refractivity contribution in [1.82, 2.24) is 19.9 Å². The number of nitrogens with zero attached hydrogens (tertiary/aromatic N) is 3. The summed E-state index contributed by atoms with van der Waals surface area (Å²) in [5, 5.41) is -0.0328. The molecular formula is C6H5ClN6O. The summed E-state index contributed by atoms with van der Waals surface area (Å²) in [5.74, 6) is -0.0322. The number of nitrogens with one attached hydrogen (secondary N) is 1. The highest BCUT2D eigenvalue weighted by Crippen LogP contribution is 2.14. The molecule has 0 unspecified atom stereocenters. The van der Waals surface area contributed by atoms with Gasteiger partial charge >= 0.3 is 0 Å². The van der Waals surface area contributed by atoms with Gasteiger partial charge in [-0.15, -0.1) is 0 Å². The van der Waals surface area contributed by atoms with Crippen LogP contribution < -0.4 is 17.0 Å². The van der Waals surface area contributed by atoms with E-state index < -0.39 is 5.56 Å². The van der Waals surface area contributed by atoms with Gasteiger partial charge < -0.3 is 11.5 Å². The van der Waals surface area contributed by atoms with Crippen molar-refractivity contribution in [2.45, 2.75) is 0 Å². The molecule has 2 heterocycles. The Morgan fingerprint density at radius 1 is 1.21 bits per heavy atom. The van der Waals surface area contributed by atoms with Crippen molar-refractivity contribution in [2.75, 3.05) is 11.5 Å². The predicted octanol–water partition coefficient (Wildman–Crippen LogP) is -0.469. The topological polar surface area (TPSA) is 124 Å². The molecule has 2 rings (SSSR count). The fourth-order valence-corrected chi connectivity index (χ4v) is 1.09. The second kappa shape index (κ2) is 2.81. The lowest BCUT2D eigenvalue weighted by molar-refractivity contribution is 1.13. The Morgan fingerprint density at radius 3 is 2.64 bits per heavy atom. The SMILES string of the molecule is Nc1nc2nc(N)c(Cl)nc2c(=O)[nH]1. The molecule has 0 radical (unpaired) electrons. The highest BCUT2D eigenvalue weighted by molar-refractivity contribution is 6.31. The first-order valence-corrected chi connectivity index (χ1v) is 3.94. The molecule has 0 atom stereocenters. The third-order valence-corrected chi connectivity index (χ3v) is 1.82. The van der Waals surface area contributed by atoms with Crippen LogP contribution in [0.1, 0.15) is 0 Å². The Kier molecular flexibility index (Phi) is 1.74. The normalized spacial score (nSPS) is 10.6. The number of anilines is 2. The molecule has 0 amide bonds. The van der Waals surface area contributed by atoms with Gasteiger partial charge in [-0.1, -0.05) is 11.6 Å². The van der Waals surface area contributed by atoms with Crippen LogP contribution >= 0.6 is 11.6 Å². The van der Waals surface area contributed by atoms with Crippen molar-refractivity contribution >= 4 is 34.5 Å². The molecule has 72 valence electrons. The molecule has 0 bridgehead atoms. The molecule has 5 N–H and O–H groups in total. The van der Waals surface area contributed by atoms with E-state index in [1.54, 1.807) is 0 Å². The van der Waals surface area contributed by atoms with Crippen molar-refractivity contribution in [2.24, 2.45) is 0 Å². The van der Waals surface area contributed by atoms with E-state index in [1.165, 1.54) is 0 Å². The van der Waals surface area contributed by atoms with Crippen LogP contribution in [0.3, 0.4) is 0 Å². The first-order chi connectivity index (χ1) is 6.58. The summed E-state index contributed by atoms with van der Waals surface area (Å²) in [6.45, 7) is 0. The van der Waals surface area contributed by atoms with Crippen LogP contribution in [0.4, 0.5) is 11.8 Å². The van der Waals surface area contributed by atoms with E-state index in [0.29, 0.717) is 0 Å². The maximum atomic E-state index is 11.3. The minimum absolute atomic E-state index is 0.0108. The van der Waals surface area contributed by atoms with Crippen LogP contribution in [-0.4, -0.2) is 19.9 Å². The molecule has 0 aliphatic carbocycles. The maximum absolute atomic E-state index is 11.3. The van der Waals surface area contributed by atoms with Crippen molar-refractivity contribution in [3.05, 3.63) is 15.5 Å². The average molecular weight is 213 g/mol. The molecule has 0 aromatic carbocycles. The summed E-state index contributed by atoms with van der Waals surface area (Å²) in [6, 6.07) is 0. The number of hydrogen-bond donors (Lipinski definition) is 3. The monoisotopic (exact) mass is 212 g/mol. The van der Waals surface area contributed by atoms with E-state index in [0.717, 1.165) is 0 Å². The van der Waals surface area contributed by atoms with E-state index in [1.807, 2.05) is 0 Å². The Labute approximate surface area is 82.1 Å². The van der Waals surface area contributed by atoms with Gasteiger partial charge in [0.25, 0.3) is 5.56 Å². The zero-order valence-corrected chi connectivity index (χ0v) is 7.54. The minimum atomic E-state index is -0.498. The number of H-pyrrole nitrogens is 1. The van der Waals surface area contributed by atoms with Crippen molar-refractivity contribution in [1.29, 1.82) is 0 Å². The minimum Gasteiger partial charge on any atom is -0.381 e. The van der Waals surface area contributed by atoms with Gasteiger partial charge in [-0.3, -0.25) is 9.78 Å². The number of nitrogens with two attached hydrogens (primary N) is 2. The Morgan fingerprint density at radius 2 is 1.93 bits per heavy atom. The van der Waals surface area contributed by atoms with Gasteiger partial charge in [-0.05, 0) is 0 Å². The predicted molar refractivity (Wildman–Crippen MR) is 51.8 cm³/mol. The molecular weight excluding hydrogens is 208 g/mol. The smallest absolute Gasteiger partial charge is 0.280 e. The third-order valence-electron chi connectivity index (χ3n) is 1.54. The zero-order chi connectivity index (χ0) is 10.3. The van der Waals surface area contributed by atoms with Crippen LogP contribution in [0.25, 0.3) is 11.2 Å². The molecule has 8 heteroatoms. The first kappa shape index (κ1) is 8.70. The Hall–Kier alpha value is -1.89. The molecule has 7 nitrogen and oxygen atoms in total. The van der Waals surface area contributed by atoms with E-state index >= 15 is 0 Å². The standard InChI is InChI=1S/C6H5ClN6O/c7-2-3(8)11-4-1(10-2)5(14)13-6(9)12-4/h(H5,8,9,11,12,13,14). The van der Waals surface area contributed by atoms with Gasteiger partial charge in [0.15, 0.2) is 22.1 Å². The first-order valence-electron chi connectivity index (χ1n) is 3.56. The maximum Gasteiger partial charge on any atom is 0.280 e. The quantitative estimate of drug-likeness (QED) is 0.542. The molecule has 2 aromatic heterocycles.